The number of ether oxygens (including phenoxy) is 1. The van der Waals surface area contributed by atoms with Crippen LogP contribution < -0.4 is 0 Å². The molecule has 0 aliphatic heterocycles. The monoisotopic (exact) mass is 316 g/mol. The van der Waals surface area contributed by atoms with Crippen LogP contribution in [0.4, 0.5) is 0 Å². The van der Waals surface area contributed by atoms with Gasteiger partial charge in [0.15, 0.2) is 0 Å². The Labute approximate surface area is 127 Å². The van der Waals surface area contributed by atoms with Crippen LogP contribution in [0.2, 0.25) is 5.15 Å². The number of hydrogen-bond donors (Lipinski definition) is 0. The molecule has 0 radical (unpaired) electrons. The number of esters is 1. The van der Waals surface area contributed by atoms with Gasteiger partial charge in [0.25, 0.3) is 5.91 Å². The number of amides is 1. The maximum atomic E-state index is 12.2. The van der Waals surface area contributed by atoms with E-state index in [2.05, 4.69) is 4.98 Å². The van der Waals surface area contributed by atoms with Crippen molar-refractivity contribution in [3.8, 4) is 0 Å². The molecule has 0 atom stereocenters. The fraction of sp³-hybridized carbons (Fsp3) is 0.462. The predicted molar refractivity (Wildman–Crippen MR) is 79.2 cm³/mol. The molecule has 0 spiro atoms. The van der Waals surface area contributed by atoms with E-state index < -0.39 is 0 Å². The Kier molecular flexibility index (Phi) is 6.81. The van der Waals surface area contributed by atoms with Crippen LogP contribution >= 0.6 is 23.4 Å². The van der Waals surface area contributed by atoms with Crippen LogP contribution in [0.25, 0.3) is 0 Å². The zero-order valence-corrected chi connectivity index (χ0v) is 13.3. The molecule has 0 bridgehead atoms. The van der Waals surface area contributed by atoms with Gasteiger partial charge in [0.05, 0.1) is 18.1 Å². The Balaban J connectivity index is 2.69. The minimum atomic E-state index is -0.315. The zero-order chi connectivity index (χ0) is 15.1. The van der Waals surface area contributed by atoms with E-state index in [9.17, 15) is 9.59 Å². The van der Waals surface area contributed by atoms with Crippen molar-refractivity contribution in [3.63, 3.8) is 0 Å². The number of carbonyl (C=O) groups excluding carboxylic acids is 2. The van der Waals surface area contributed by atoms with Crippen LogP contribution in [-0.4, -0.2) is 48.2 Å². The van der Waals surface area contributed by atoms with Crippen LogP contribution in [0.15, 0.2) is 17.2 Å². The largest absolute Gasteiger partial charge is 0.466 e. The summed E-state index contributed by atoms with van der Waals surface area (Å²) in [4.78, 5) is 29.0. The highest BCUT2D eigenvalue weighted by Gasteiger charge is 2.15. The summed E-state index contributed by atoms with van der Waals surface area (Å²) in [5.41, 5.74) is 0.459. The van der Waals surface area contributed by atoms with Gasteiger partial charge in [-0.05, 0) is 25.3 Å². The molecule has 0 aromatic carbocycles. The summed E-state index contributed by atoms with van der Waals surface area (Å²) >= 11 is 7.29. The molecule has 1 heterocycles. The summed E-state index contributed by atoms with van der Waals surface area (Å²) in [6.07, 6.45) is 2.03. The minimum absolute atomic E-state index is 0.171. The average Bonchev–Trinajstić information content (AvgIpc) is 2.43. The van der Waals surface area contributed by atoms with Gasteiger partial charge in [-0.1, -0.05) is 11.6 Å². The quantitative estimate of drug-likeness (QED) is 0.458. The first-order valence-corrected chi connectivity index (χ1v) is 7.70. The molecule has 1 aromatic heterocycles. The van der Waals surface area contributed by atoms with Gasteiger partial charge in [-0.3, -0.25) is 9.59 Å². The number of nitrogens with zero attached hydrogens (tertiary/aromatic N) is 2. The van der Waals surface area contributed by atoms with Gasteiger partial charge in [-0.25, -0.2) is 4.98 Å². The molecule has 0 saturated heterocycles. The summed E-state index contributed by atoms with van der Waals surface area (Å²) < 4.78 is 4.82. The third-order valence-corrected chi connectivity index (χ3v) is 3.35. The fourth-order valence-electron chi connectivity index (χ4n) is 1.51. The van der Waals surface area contributed by atoms with Crippen molar-refractivity contribution in [2.24, 2.45) is 0 Å². The lowest BCUT2D eigenvalue weighted by Crippen LogP contribution is -2.29. The van der Waals surface area contributed by atoms with Gasteiger partial charge in [0.1, 0.15) is 5.15 Å². The van der Waals surface area contributed by atoms with E-state index in [0.29, 0.717) is 23.7 Å². The molecule has 1 rings (SSSR count). The van der Waals surface area contributed by atoms with E-state index >= 15 is 0 Å². The summed E-state index contributed by atoms with van der Waals surface area (Å²) in [6.45, 7) is 2.38. The molecule has 0 aliphatic rings. The lowest BCUT2D eigenvalue weighted by Gasteiger charge is -2.17. The first kappa shape index (κ1) is 16.8. The van der Waals surface area contributed by atoms with E-state index in [-0.39, 0.29) is 23.5 Å². The Hall–Kier alpha value is -1.27. The standard InChI is InChI=1S/C13H17ClN2O3S/c1-4-19-12(17)5-6-16(2)13(18)9-7-10(14)15-11(8-9)20-3/h7-8H,4-6H2,1-3H3. The molecule has 1 amide bonds. The molecule has 0 saturated carbocycles. The molecular formula is C13H17ClN2O3S. The van der Waals surface area contributed by atoms with Crippen molar-refractivity contribution >= 4 is 35.2 Å². The van der Waals surface area contributed by atoms with Gasteiger partial charge in [0, 0.05) is 19.2 Å². The summed E-state index contributed by atoms with van der Waals surface area (Å²) in [7, 11) is 1.63. The van der Waals surface area contributed by atoms with Gasteiger partial charge in [0.2, 0.25) is 0 Å². The van der Waals surface area contributed by atoms with Crippen molar-refractivity contribution < 1.29 is 14.3 Å². The maximum Gasteiger partial charge on any atom is 0.307 e. The molecule has 7 heteroatoms. The van der Waals surface area contributed by atoms with Crippen molar-refractivity contribution in [2.75, 3.05) is 26.5 Å². The molecule has 0 fully saturated rings. The Morgan fingerprint density at radius 3 is 2.75 bits per heavy atom. The first-order chi connectivity index (χ1) is 9.47. The normalized spacial score (nSPS) is 10.2. The first-order valence-electron chi connectivity index (χ1n) is 6.10. The highest BCUT2D eigenvalue weighted by molar-refractivity contribution is 7.98. The van der Waals surface area contributed by atoms with Crippen LogP contribution in [0.1, 0.15) is 23.7 Å². The lowest BCUT2D eigenvalue weighted by atomic mass is 10.2. The highest BCUT2D eigenvalue weighted by atomic mass is 35.5. The number of hydrogen-bond acceptors (Lipinski definition) is 5. The predicted octanol–water partition coefficient (Wildman–Crippen LogP) is 2.48. The van der Waals surface area contributed by atoms with Gasteiger partial charge in [-0.15, -0.1) is 11.8 Å². The molecule has 110 valence electrons. The van der Waals surface area contributed by atoms with Crippen molar-refractivity contribution in [1.82, 2.24) is 9.88 Å². The lowest BCUT2D eigenvalue weighted by molar-refractivity contribution is -0.143. The Morgan fingerprint density at radius 1 is 1.45 bits per heavy atom. The highest BCUT2D eigenvalue weighted by Crippen LogP contribution is 2.19. The number of aromatic nitrogens is 1. The third-order valence-electron chi connectivity index (χ3n) is 2.53. The Bertz CT molecular complexity index is 497. The van der Waals surface area contributed by atoms with Crippen molar-refractivity contribution in [1.29, 1.82) is 0 Å². The second-order valence-corrected chi connectivity index (χ2v) is 5.22. The number of halogens is 1. The topological polar surface area (TPSA) is 59.5 Å². The van der Waals surface area contributed by atoms with E-state index in [4.69, 9.17) is 16.3 Å². The maximum absolute atomic E-state index is 12.2. The molecule has 20 heavy (non-hydrogen) atoms. The van der Waals surface area contributed by atoms with E-state index in [0.717, 1.165) is 0 Å². The second-order valence-electron chi connectivity index (χ2n) is 4.00. The molecule has 0 aliphatic carbocycles. The van der Waals surface area contributed by atoms with E-state index in [1.807, 2.05) is 6.26 Å². The van der Waals surface area contributed by atoms with Crippen LogP contribution in [0, 0.1) is 0 Å². The summed E-state index contributed by atoms with van der Waals surface area (Å²) in [5, 5.41) is 0.957. The summed E-state index contributed by atoms with van der Waals surface area (Å²) in [5.74, 6) is -0.515. The Morgan fingerprint density at radius 2 is 2.15 bits per heavy atom. The van der Waals surface area contributed by atoms with Crippen molar-refractivity contribution in [3.05, 3.63) is 22.8 Å². The second kappa shape index (κ2) is 8.11. The SMILES string of the molecule is CCOC(=O)CCN(C)C(=O)c1cc(Cl)nc(SC)c1. The molecule has 0 N–H and O–H groups in total. The molecule has 5 nitrogen and oxygen atoms in total. The zero-order valence-electron chi connectivity index (χ0n) is 11.7. The molecule has 1 aromatic rings. The number of pyridine rings is 1. The number of thioether (sulfide) groups is 1. The van der Waals surface area contributed by atoms with Crippen LogP contribution in [0.5, 0.6) is 0 Å². The minimum Gasteiger partial charge on any atom is -0.466 e. The fourth-order valence-corrected chi connectivity index (χ4v) is 2.21. The summed E-state index contributed by atoms with van der Waals surface area (Å²) in [6, 6.07) is 3.20. The van der Waals surface area contributed by atoms with Crippen LogP contribution in [-0.2, 0) is 9.53 Å². The van der Waals surface area contributed by atoms with Crippen LogP contribution in [0.3, 0.4) is 0 Å². The smallest absolute Gasteiger partial charge is 0.307 e. The van der Waals surface area contributed by atoms with Crippen molar-refractivity contribution in [2.45, 2.75) is 18.4 Å². The van der Waals surface area contributed by atoms with E-state index in [1.54, 1.807) is 20.0 Å². The molecular weight excluding hydrogens is 300 g/mol. The van der Waals surface area contributed by atoms with Gasteiger partial charge in [-0.2, -0.15) is 0 Å². The number of carbonyl (C=O) groups is 2. The average molecular weight is 317 g/mol. The van der Waals surface area contributed by atoms with E-state index in [1.165, 1.54) is 22.7 Å². The third kappa shape index (κ3) is 5.02. The molecule has 0 unspecified atom stereocenters. The number of rotatable bonds is 6. The van der Waals surface area contributed by atoms with Gasteiger partial charge >= 0.3 is 5.97 Å². The van der Waals surface area contributed by atoms with Gasteiger partial charge < -0.3 is 9.64 Å².